The Kier molecular flexibility index (Phi) is 1.68. The Morgan fingerprint density at radius 1 is 1.42 bits per heavy atom. The van der Waals surface area contributed by atoms with Crippen molar-refractivity contribution < 1.29 is 4.74 Å². The largest absolute Gasteiger partial charge is 0.493 e. The van der Waals surface area contributed by atoms with Gasteiger partial charge in [-0.15, -0.1) is 0 Å². The van der Waals surface area contributed by atoms with Gasteiger partial charge in [-0.1, -0.05) is 6.07 Å². The van der Waals surface area contributed by atoms with E-state index in [0.717, 1.165) is 36.4 Å². The summed E-state index contributed by atoms with van der Waals surface area (Å²) in [6.07, 6.45) is 2.14. The molecule has 2 nitrogen and oxygen atoms in total. The monoisotopic (exact) mass is 163 g/mol. The summed E-state index contributed by atoms with van der Waals surface area (Å²) in [4.78, 5) is 0. The summed E-state index contributed by atoms with van der Waals surface area (Å²) in [6.45, 7) is 2.86. The van der Waals surface area contributed by atoms with Crippen LogP contribution in [0.25, 0.3) is 0 Å². The van der Waals surface area contributed by atoms with E-state index in [0.29, 0.717) is 0 Å². The lowest BCUT2D eigenvalue weighted by molar-refractivity contribution is 0.289. The second-order valence-corrected chi connectivity index (χ2v) is 3.22. The Hall–Kier alpha value is -1.18. The maximum absolute atomic E-state index is 5.92. The molecule has 0 unspecified atom stereocenters. The van der Waals surface area contributed by atoms with Gasteiger partial charge in [-0.3, -0.25) is 0 Å². The summed E-state index contributed by atoms with van der Waals surface area (Å²) >= 11 is 0. The lowest BCUT2D eigenvalue weighted by atomic mass is 10.0. The number of aryl methyl sites for hydroxylation is 1. The Morgan fingerprint density at radius 3 is 3.08 bits per heavy atom. The summed E-state index contributed by atoms with van der Waals surface area (Å²) in [6, 6.07) is 4.03. The van der Waals surface area contributed by atoms with Gasteiger partial charge in [-0.25, -0.2) is 0 Å². The maximum atomic E-state index is 5.92. The normalized spacial score (nSPS) is 15.1. The SMILES string of the molecule is Cc1ccc2c(c1N)CCCO2. The van der Waals surface area contributed by atoms with Crippen LogP contribution < -0.4 is 10.5 Å². The van der Waals surface area contributed by atoms with Crippen LogP contribution in [0.1, 0.15) is 17.5 Å². The molecule has 12 heavy (non-hydrogen) atoms. The standard InChI is InChI=1S/C10H13NO/c1-7-4-5-9-8(10(7)11)3-2-6-12-9/h4-5H,2-3,6,11H2,1H3. The molecule has 2 rings (SSSR count). The second-order valence-electron chi connectivity index (χ2n) is 3.22. The second kappa shape index (κ2) is 2.70. The molecule has 1 aliphatic rings. The van der Waals surface area contributed by atoms with Gasteiger partial charge in [0.05, 0.1) is 6.61 Å². The number of nitrogens with two attached hydrogens (primary N) is 1. The van der Waals surface area contributed by atoms with Gasteiger partial charge in [0.25, 0.3) is 0 Å². The third-order valence-electron chi connectivity index (χ3n) is 2.36. The smallest absolute Gasteiger partial charge is 0.124 e. The van der Waals surface area contributed by atoms with Crippen LogP contribution in [0, 0.1) is 6.92 Å². The molecule has 0 fully saturated rings. The highest BCUT2D eigenvalue weighted by Crippen LogP contribution is 2.31. The molecule has 0 bridgehead atoms. The van der Waals surface area contributed by atoms with Gasteiger partial charge in [-0.2, -0.15) is 0 Å². The molecule has 0 radical (unpaired) electrons. The number of fused-ring (bicyclic) bond motifs is 1. The summed E-state index contributed by atoms with van der Waals surface area (Å²) in [7, 11) is 0. The highest BCUT2D eigenvalue weighted by atomic mass is 16.5. The quantitative estimate of drug-likeness (QED) is 0.593. The molecule has 64 valence electrons. The van der Waals surface area contributed by atoms with Crippen LogP contribution in [0.5, 0.6) is 5.75 Å². The fraction of sp³-hybridized carbons (Fsp3) is 0.400. The molecule has 0 saturated carbocycles. The topological polar surface area (TPSA) is 35.2 Å². The highest BCUT2D eigenvalue weighted by Gasteiger charge is 2.13. The van der Waals surface area contributed by atoms with Gasteiger partial charge in [-0.05, 0) is 31.4 Å². The number of hydrogen-bond acceptors (Lipinski definition) is 2. The fourth-order valence-electron chi connectivity index (χ4n) is 1.59. The number of ether oxygens (including phenoxy) is 1. The van der Waals surface area contributed by atoms with Crippen LogP contribution in [-0.4, -0.2) is 6.61 Å². The lowest BCUT2D eigenvalue weighted by Gasteiger charge is -2.19. The van der Waals surface area contributed by atoms with Crippen molar-refractivity contribution >= 4 is 5.69 Å². The Morgan fingerprint density at radius 2 is 2.25 bits per heavy atom. The van der Waals surface area contributed by atoms with Crippen molar-refractivity contribution in [2.75, 3.05) is 12.3 Å². The average Bonchev–Trinajstić information content (AvgIpc) is 2.12. The average molecular weight is 163 g/mol. The van der Waals surface area contributed by atoms with E-state index in [2.05, 4.69) is 0 Å². The van der Waals surface area contributed by atoms with Crippen LogP contribution in [0.15, 0.2) is 12.1 Å². The van der Waals surface area contributed by atoms with E-state index >= 15 is 0 Å². The van der Waals surface area contributed by atoms with E-state index in [9.17, 15) is 0 Å². The molecular formula is C10H13NO. The zero-order chi connectivity index (χ0) is 8.55. The fourth-order valence-corrected chi connectivity index (χ4v) is 1.59. The van der Waals surface area contributed by atoms with Crippen molar-refractivity contribution in [3.63, 3.8) is 0 Å². The van der Waals surface area contributed by atoms with Crippen LogP contribution >= 0.6 is 0 Å². The third-order valence-corrected chi connectivity index (χ3v) is 2.36. The predicted molar refractivity (Wildman–Crippen MR) is 49.4 cm³/mol. The van der Waals surface area contributed by atoms with Gasteiger partial charge in [0.15, 0.2) is 0 Å². The van der Waals surface area contributed by atoms with Crippen molar-refractivity contribution in [3.8, 4) is 5.75 Å². The van der Waals surface area contributed by atoms with E-state index in [1.54, 1.807) is 0 Å². The van der Waals surface area contributed by atoms with Gasteiger partial charge >= 0.3 is 0 Å². The van der Waals surface area contributed by atoms with Crippen LogP contribution in [0.4, 0.5) is 5.69 Å². The lowest BCUT2D eigenvalue weighted by Crippen LogP contribution is -2.11. The van der Waals surface area contributed by atoms with Crippen LogP contribution in [0.3, 0.4) is 0 Å². The summed E-state index contributed by atoms with van der Waals surface area (Å²) in [5, 5.41) is 0. The van der Waals surface area contributed by atoms with Gasteiger partial charge < -0.3 is 10.5 Å². The molecule has 0 aliphatic carbocycles. The number of nitrogen functional groups attached to an aromatic ring is 1. The summed E-state index contributed by atoms with van der Waals surface area (Å²) < 4.78 is 5.48. The van der Waals surface area contributed by atoms with Crippen molar-refractivity contribution in [3.05, 3.63) is 23.3 Å². The minimum Gasteiger partial charge on any atom is -0.493 e. The first-order chi connectivity index (χ1) is 5.79. The molecule has 1 aliphatic heterocycles. The number of rotatable bonds is 0. The van der Waals surface area contributed by atoms with E-state index in [1.807, 2.05) is 19.1 Å². The van der Waals surface area contributed by atoms with Gasteiger partial charge in [0.2, 0.25) is 0 Å². The van der Waals surface area contributed by atoms with E-state index in [4.69, 9.17) is 10.5 Å². The number of anilines is 1. The predicted octanol–water partition coefficient (Wildman–Crippen LogP) is 1.90. The molecule has 0 saturated heterocycles. The van der Waals surface area contributed by atoms with E-state index < -0.39 is 0 Å². The Labute approximate surface area is 72.3 Å². The van der Waals surface area contributed by atoms with Gasteiger partial charge in [0, 0.05) is 11.3 Å². The van der Waals surface area contributed by atoms with Crippen molar-refractivity contribution in [1.82, 2.24) is 0 Å². The Bertz CT molecular complexity index is 307. The molecule has 2 heteroatoms. The molecule has 0 spiro atoms. The molecule has 0 atom stereocenters. The number of benzene rings is 1. The van der Waals surface area contributed by atoms with Crippen LogP contribution in [0.2, 0.25) is 0 Å². The molecule has 1 aromatic carbocycles. The van der Waals surface area contributed by atoms with Gasteiger partial charge in [0.1, 0.15) is 5.75 Å². The minimum atomic E-state index is 0.829. The van der Waals surface area contributed by atoms with Crippen molar-refractivity contribution in [2.45, 2.75) is 19.8 Å². The molecule has 0 amide bonds. The number of hydrogen-bond donors (Lipinski definition) is 1. The maximum Gasteiger partial charge on any atom is 0.124 e. The molecule has 1 aromatic rings. The minimum absolute atomic E-state index is 0.829. The van der Waals surface area contributed by atoms with Crippen molar-refractivity contribution in [2.24, 2.45) is 0 Å². The summed E-state index contributed by atoms with van der Waals surface area (Å²) in [5.41, 5.74) is 9.18. The van der Waals surface area contributed by atoms with E-state index in [-0.39, 0.29) is 0 Å². The van der Waals surface area contributed by atoms with Crippen molar-refractivity contribution in [1.29, 1.82) is 0 Å². The highest BCUT2D eigenvalue weighted by molar-refractivity contribution is 5.59. The third kappa shape index (κ3) is 1.04. The first-order valence-electron chi connectivity index (χ1n) is 4.30. The summed E-state index contributed by atoms with van der Waals surface area (Å²) in [5.74, 6) is 0.976. The molecular weight excluding hydrogens is 150 g/mol. The van der Waals surface area contributed by atoms with E-state index in [1.165, 1.54) is 5.56 Å². The molecule has 0 aromatic heterocycles. The molecule has 1 heterocycles. The Balaban J connectivity index is 2.54. The zero-order valence-electron chi connectivity index (χ0n) is 7.26. The first-order valence-corrected chi connectivity index (χ1v) is 4.30. The zero-order valence-corrected chi connectivity index (χ0v) is 7.26. The molecule has 2 N–H and O–H groups in total. The van der Waals surface area contributed by atoms with Crippen LogP contribution in [-0.2, 0) is 6.42 Å². The first kappa shape index (κ1) is 7.47.